The topological polar surface area (TPSA) is 60.7 Å². The minimum Gasteiger partial charge on any atom is -0.504 e. The number of benzene rings is 7. The number of phenolic OH excluding ortho intramolecular Hbond substituents is 3. The lowest BCUT2D eigenvalue weighted by atomic mass is 9.84. The molecule has 198 valence electrons. The molecule has 4 heteroatoms. The molecule has 7 aromatic rings. The van der Waals surface area contributed by atoms with E-state index in [4.69, 9.17) is 0 Å². The Balaban J connectivity index is 1.57. The summed E-state index contributed by atoms with van der Waals surface area (Å²) in [5.74, 6) is -1.35. The van der Waals surface area contributed by atoms with E-state index in [2.05, 4.69) is 116 Å². The van der Waals surface area contributed by atoms with Crippen LogP contribution in [0.2, 0.25) is 0 Å². The van der Waals surface area contributed by atoms with Gasteiger partial charge in [0.15, 0.2) is 11.5 Å². The summed E-state index contributed by atoms with van der Waals surface area (Å²) in [6, 6.07) is 40.1. The Kier molecular flexibility index (Phi) is 5.88. The highest BCUT2D eigenvalue weighted by Crippen LogP contribution is 2.50. The molecule has 0 unspecified atom stereocenters. The van der Waals surface area contributed by atoms with E-state index < -0.39 is 11.5 Å². The largest absolute Gasteiger partial charge is 0.504 e. The third kappa shape index (κ3) is 3.83. The van der Waals surface area contributed by atoms with Crippen LogP contribution in [-0.4, -0.2) is 15.3 Å². The molecule has 0 heterocycles. The van der Waals surface area contributed by atoms with Crippen molar-refractivity contribution >= 4 is 44.9 Å². The predicted molar refractivity (Wildman–Crippen MR) is 172 cm³/mol. The van der Waals surface area contributed by atoms with Crippen LogP contribution in [0.3, 0.4) is 0 Å². The molecule has 0 aliphatic heterocycles. The number of aromatic hydroxyl groups is 3. The van der Waals surface area contributed by atoms with Crippen molar-refractivity contribution < 1.29 is 15.3 Å². The lowest BCUT2D eigenvalue weighted by Gasteiger charge is -2.20. The first-order valence-corrected chi connectivity index (χ1v) is 13.9. The number of hydrogen-bond acceptors (Lipinski definition) is 4. The molecule has 7 rings (SSSR count). The summed E-state index contributed by atoms with van der Waals surface area (Å²) in [4.78, 5) is 0.218. The van der Waals surface area contributed by atoms with E-state index in [1.54, 1.807) is 6.92 Å². The second-order valence-corrected chi connectivity index (χ2v) is 10.8. The van der Waals surface area contributed by atoms with Gasteiger partial charge in [0.1, 0.15) is 0 Å². The third-order valence-electron chi connectivity index (χ3n) is 8.07. The minimum absolute atomic E-state index is 0.218. The van der Waals surface area contributed by atoms with Gasteiger partial charge in [-0.25, -0.2) is 0 Å². The number of phenols is 3. The van der Waals surface area contributed by atoms with Gasteiger partial charge in [-0.3, -0.25) is 0 Å². The van der Waals surface area contributed by atoms with Crippen LogP contribution in [0.25, 0.3) is 65.7 Å². The lowest BCUT2D eigenvalue weighted by molar-refractivity contribution is 0.360. The number of hydrogen-bond donors (Lipinski definition) is 4. The van der Waals surface area contributed by atoms with Crippen LogP contribution in [0.4, 0.5) is 0 Å². The van der Waals surface area contributed by atoms with Gasteiger partial charge in [0.25, 0.3) is 0 Å². The Morgan fingerprint density at radius 3 is 1.59 bits per heavy atom. The number of thiol groups is 1. The van der Waals surface area contributed by atoms with Crippen LogP contribution in [0, 0.1) is 6.92 Å². The number of fused-ring (bicyclic) bond motifs is 3. The molecular weight excluding hydrogens is 524 g/mol. The zero-order chi connectivity index (χ0) is 28.2. The van der Waals surface area contributed by atoms with E-state index in [0.717, 1.165) is 38.2 Å². The SMILES string of the molecule is Cc1c(O)c(O)c(O)c(S)c1-c1cccc(-c2c3ccccc3c(-c3cccc4ccccc34)c3ccccc23)c1. The molecule has 0 aliphatic carbocycles. The molecule has 0 radical (unpaired) electrons. The van der Waals surface area contributed by atoms with E-state index >= 15 is 0 Å². The van der Waals surface area contributed by atoms with Crippen molar-refractivity contribution in [1.82, 2.24) is 0 Å². The molecule has 7 aromatic carbocycles. The summed E-state index contributed by atoms with van der Waals surface area (Å²) < 4.78 is 0. The van der Waals surface area contributed by atoms with E-state index in [-0.39, 0.29) is 10.6 Å². The molecule has 3 N–H and O–H groups in total. The number of rotatable bonds is 3. The monoisotopic (exact) mass is 550 g/mol. The van der Waals surface area contributed by atoms with Gasteiger partial charge in [-0.05, 0) is 73.1 Å². The van der Waals surface area contributed by atoms with Gasteiger partial charge in [-0.2, -0.15) is 0 Å². The average molecular weight is 551 g/mol. The van der Waals surface area contributed by atoms with Crippen molar-refractivity contribution in [2.75, 3.05) is 0 Å². The van der Waals surface area contributed by atoms with E-state index in [1.807, 2.05) is 12.1 Å². The quantitative estimate of drug-likeness (QED) is 0.101. The fraction of sp³-hybridized carbons (Fsp3) is 0.0270. The zero-order valence-corrected chi connectivity index (χ0v) is 23.2. The highest BCUT2D eigenvalue weighted by atomic mass is 32.1. The van der Waals surface area contributed by atoms with Crippen LogP contribution < -0.4 is 0 Å². The highest BCUT2D eigenvalue weighted by Gasteiger charge is 2.22. The van der Waals surface area contributed by atoms with Gasteiger partial charge in [0.05, 0.1) is 4.90 Å². The first-order valence-electron chi connectivity index (χ1n) is 13.4. The molecule has 0 saturated heterocycles. The van der Waals surface area contributed by atoms with Gasteiger partial charge in [-0.1, -0.05) is 109 Å². The van der Waals surface area contributed by atoms with Crippen molar-refractivity contribution in [3.05, 3.63) is 121 Å². The van der Waals surface area contributed by atoms with Crippen LogP contribution in [0.15, 0.2) is 120 Å². The van der Waals surface area contributed by atoms with Crippen LogP contribution in [0.5, 0.6) is 17.2 Å². The molecule has 0 bridgehead atoms. The molecule has 0 atom stereocenters. The van der Waals surface area contributed by atoms with Crippen molar-refractivity contribution in [2.45, 2.75) is 11.8 Å². The molecule has 41 heavy (non-hydrogen) atoms. The summed E-state index contributed by atoms with van der Waals surface area (Å²) in [6.07, 6.45) is 0. The van der Waals surface area contributed by atoms with E-state index in [9.17, 15) is 15.3 Å². The average Bonchev–Trinajstić information content (AvgIpc) is 3.01. The van der Waals surface area contributed by atoms with Gasteiger partial charge in [-0.15, -0.1) is 12.6 Å². The van der Waals surface area contributed by atoms with Gasteiger partial charge >= 0.3 is 0 Å². The Bertz CT molecular complexity index is 2070. The van der Waals surface area contributed by atoms with Gasteiger partial charge in [0, 0.05) is 11.1 Å². The van der Waals surface area contributed by atoms with Crippen molar-refractivity contribution in [3.63, 3.8) is 0 Å². The third-order valence-corrected chi connectivity index (χ3v) is 8.51. The Labute approximate surface area is 243 Å². The van der Waals surface area contributed by atoms with Crippen molar-refractivity contribution in [2.24, 2.45) is 0 Å². The predicted octanol–water partition coefficient (Wildman–Crippen LogP) is 9.86. The highest BCUT2D eigenvalue weighted by molar-refractivity contribution is 7.80. The van der Waals surface area contributed by atoms with Gasteiger partial charge in [0.2, 0.25) is 5.75 Å². The molecule has 0 amide bonds. The molecule has 0 spiro atoms. The maximum Gasteiger partial charge on any atom is 0.201 e. The molecule has 0 saturated carbocycles. The molecule has 0 fully saturated rings. The van der Waals surface area contributed by atoms with E-state index in [0.29, 0.717) is 11.1 Å². The maximum absolute atomic E-state index is 10.5. The van der Waals surface area contributed by atoms with Crippen LogP contribution >= 0.6 is 12.6 Å². The molecular formula is C37H26O3S. The minimum atomic E-state index is -0.562. The standard InChI is InChI=1S/C37H26O3S/c1-21-31(37(41)36(40)35(39)34(21)38)23-12-8-13-24(20-23)32-27-15-4-6-17-29(27)33(30-18-7-5-16-28(30)32)26-19-9-11-22-10-2-3-14-25(22)26/h2-20,38-41H,1H3. The first-order chi connectivity index (χ1) is 20.0. The molecule has 0 aromatic heterocycles. The van der Waals surface area contributed by atoms with Crippen molar-refractivity contribution in [3.8, 4) is 50.6 Å². The summed E-state index contributed by atoms with van der Waals surface area (Å²) in [7, 11) is 0. The fourth-order valence-corrected chi connectivity index (χ4v) is 6.58. The summed E-state index contributed by atoms with van der Waals surface area (Å²) >= 11 is 4.51. The summed E-state index contributed by atoms with van der Waals surface area (Å²) in [5, 5.41) is 38.1. The molecule has 0 aliphatic rings. The van der Waals surface area contributed by atoms with Crippen LogP contribution in [-0.2, 0) is 0 Å². The Morgan fingerprint density at radius 2 is 0.951 bits per heavy atom. The Morgan fingerprint density at radius 1 is 0.463 bits per heavy atom. The van der Waals surface area contributed by atoms with Crippen molar-refractivity contribution in [1.29, 1.82) is 0 Å². The Hall–Kier alpha value is -4.93. The summed E-state index contributed by atoms with van der Waals surface area (Å²) in [6.45, 7) is 1.71. The zero-order valence-electron chi connectivity index (χ0n) is 22.3. The maximum atomic E-state index is 10.5. The first kappa shape index (κ1) is 25.1. The summed E-state index contributed by atoms with van der Waals surface area (Å²) in [5.41, 5.74) is 6.30. The normalized spacial score (nSPS) is 11.5. The van der Waals surface area contributed by atoms with Crippen LogP contribution in [0.1, 0.15) is 5.56 Å². The smallest absolute Gasteiger partial charge is 0.201 e. The van der Waals surface area contributed by atoms with E-state index in [1.165, 1.54) is 21.9 Å². The lowest BCUT2D eigenvalue weighted by Crippen LogP contribution is -1.93. The van der Waals surface area contributed by atoms with Gasteiger partial charge < -0.3 is 15.3 Å². The molecule has 3 nitrogen and oxygen atoms in total. The fourth-order valence-electron chi connectivity index (χ4n) is 6.17. The second kappa shape index (κ2) is 9.61. The second-order valence-electron chi connectivity index (χ2n) is 10.3.